The molecule has 2 heterocycles. The van der Waals surface area contributed by atoms with Crippen molar-refractivity contribution < 1.29 is 4.79 Å². The number of likely N-dealkylation sites (tertiary alicyclic amines) is 1. The van der Waals surface area contributed by atoms with E-state index in [9.17, 15) is 4.79 Å². The third kappa shape index (κ3) is 3.52. The van der Waals surface area contributed by atoms with Crippen molar-refractivity contribution >= 4 is 11.6 Å². The maximum Gasteiger partial charge on any atom is 0.253 e. The number of hydrogen-bond donors (Lipinski definition) is 0. The van der Waals surface area contributed by atoms with Crippen LogP contribution in [0.3, 0.4) is 0 Å². The molecule has 0 unspecified atom stereocenters. The lowest BCUT2D eigenvalue weighted by molar-refractivity contribution is 0.0677. The van der Waals surface area contributed by atoms with Gasteiger partial charge in [0.15, 0.2) is 0 Å². The van der Waals surface area contributed by atoms with Crippen LogP contribution in [0.1, 0.15) is 61.5 Å². The van der Waals surface area contributed by atoms with Crippen molar-refractivity contribution in [2.75, 3.05) is 20.1 Å². The van der Waals surface area contributed by atoms with Crippen LogP contribution in [0, 0.1) is 13.8 Å². The molecule has 1 aromatic carbocycles. The Kier molecular flexibility index (Phi) is 5.78. The van der Waals surface area contributed by atoms with Gasteiger partial charge < -0.3 is 9.80 Å². The molecule has 0 atom stereocenters. The summed E-state index contributed by atoms with van der Waals surface area (Å²) in [6.45, 7) is 11.9. The number of aryl methyl sites for hydroxylation is 2. The van der Waals surface area contributed by atoms with Crippen LogP contribution < -0.4 is 0 Å². The van der Waals surface area contributed by atoms with Crippen LogP contribution >= 0.6 is 0 Å². The van der Waals surface area contributed by atoms with Gasteiger partial charge >= 0.3 is 0 Å². The number of amides is 1. The molecule has 0 aliphatic carbocycles. The molecule has 2 aliphatic heterocycles. The number of piperidine rings is 1. The molecule has 1 saturated heterocycles. The molecule has 0 N–H and O–H groups in total. The summed E-state index contributed by atoms with van der Waals surface area (Å²) in [5.41, 5.74) is 6.50. The van der Waals surface area contributed by atoms with E-state index in [2.05, 4.69) is 50.9 Å². The second-order valence-corrected chi connectivity index (χ2v) is 8.02. The van der Waals surface area contributed by atoms with Crippen molar-refractivity contribution in [1.29, 1.82) is 0 Å². The fourth-order valence-corrected chi connectivity index (χ4v) is 4.82. The van der Waals surface area contributed by atoms with Gasteiger partial charge in [0.25, 0.3) is 5.91 Å². The summed E-state index contributed by atoms with van der Waals surface area (Å²) < 4.78 is 0. The van der Waals surface area contributed by atoms with Crippen LogP contribution in [-0.4, -0.2) is 47.1 Å². The number of likely N-dealkylation sites (N-methyl/N-ethyl adjacent to an activating group) is 1. The third-order valence-electron chi connectivity index (χ3n) is 6.07. The summed E-state index contributed by atoms with van der Waals surface area (Å²) in [5.74, 6) is 0.140. The quantitative estimate of drug-likeness (QED) is 0.734. The molecule has 0 bridgehead atoms. The molecule has 1 fully saturated rings. The van der Waals surface area contributed by atoms with E-state index in [1.54, 1.807) is 0 Å². The SMILES string of the molecule is CC=C1N(C)/C(=C/C)C(CC)=NC12CCN(C(=O)c1cc(C)cc(C)c1)CC2. The number of benzene rings is 1. The number of carbonyl (C=O) groups is 1. The van der Waals surface area contributed by atoms with E-state index < -0.39 is 0 Å². The summed E-state index contributed by atoms with van der Waals surface area (Å²) in [5, 5.41) is 0. The molecule has 0 saturated carbocycles. The maximum absolute atomic E-state index is 13.1. The lowest BCUT2D eigenvalue weighted by atomic mass is 9.81. The van der Waals surface area contributed by atoms with Gasteiger partial charge in [-0.2, -0.15) is 0 Å². The molecule has 4 heteroatoms. The van der Waals surface area contributed by atoms with Crippen molar-refractivity contribution in [2.45, 2.75) is 59.4 Å². The Morgan fingerprint density at radius 2 is 1.71 bits per heavy atom. The fourth-order valence-electron chi connectivity index (χ4n) is 4.82. The highest BCUT2D eigenvalue weighted by Gasteiger charge is 2.43. The normalized spacial score (nSPS) is 22.1. The van der Waals surface area contributed by atoms with Crippen molar-refractivity contribution in [1.82, 2.24) is 9.80 Å². The van der Waals surface area contributed by atoms with Gasteiger partial charge in [-0.05, 0) is 59.1 Å². The molecular formula is C24H33N3O. The molecular weight excluding hydrogens is 346 g/mol. The second-order valence-electron chi connectivity index (χ2n) is 8.02. The Hall–Kier alpha value is -2.36. The summed E-state index contributed by atoms with van der Waals surface area (Å²) >= 11 is 0. The molecule has 3 rings (SSSR count). The largest absolute Gasteiger partial charge is 0.345 e. The first-order valence-corrected chi connectivity index (χ1v) is 10.4. The highest BCUT2D eigenvalue weighted by Crippen LogP contribution is 2.41. The summed E-state index contributed by atoms with van der Waals surface area (Å²) in [4.78, 5) is 22.6. The Morgan fingerprint density at radius 3 is 2.21 bits per heavy atom. The van der Waals surface area contributed by atoms with E-state index in [1.165, 1.54) is 17.1 Å². The van der Waals surface area contributed by atoms with Crippen LogP contribution in [0.25, 0.3) is 0 Å². The zero-order valence-electron chi connectivity index (χ0n) is 18.2. The first kappa shape index (κ1) is 20.4. The fraction of sp³-hybridized carbons (Fsp3) is 0.500. The van der Waals surface area contributed by atoms with Gasteiger partial charge in [0.2, 0.25) is 0 Å². The Balaban J connectivity index is 1.86. The summed E-state index contributed by atoms with van der Waals surface area (Å²) in [7, 11) is 2.14. The number of carbonyl (C=O) groups excluding carboxylic acids is 1. The zero-order chi connectivity index (χ0) is 20.5. The number of rotatable bonds is 2. The van der Waals surface area contributed by atoms with Gasteiger partial charge in [0.1, 0.15) is 5.54 Å². The summed E-state index contributed by atoms with van der Waals surface area (Å²) in [6, 6.07) is 6.10. The Bertz CT molecular complexity index is 834. The molecule has 150 valence electrons. The number of hydrogen-bond acceptors (Lipinski definition) is 3. The van der Waals surface area contributed by atoms with Crippen molar-refractivity contribution in [3.63, 3.8) is 0 Å². The number of allylic oxidation sites excluding steroid dienone is 3. The minimum atomic E-state index is -0.208. The van der Waals surface area contributed by atoms with Gasteiger partial charge in [-0.25, -0.2) is 0 Å². The molecule has 2 aliphatic rings. The van der Waals surface area contributed by atoms with E-state index >= 15 is 0 Å². The summed E-state index contributed by atoms with van der Waals surface area (Å²) in [6.07, 6.45) is 7.01. The average Bonchev–Trinajstić information content (AvgIpc) is 2.67. The van der Waals surface area contributed by atoms with Crippen molar-refractivity contribution in [2.24, 2.45) is 4.99 Å². The topological polar surface area (TPSA) is 35.9 Å². The molecule has 1 amide bonds. The minimum absolute atomic E-state index is 0.140. The van der Waals surface area contributed by atoms with Crippen LogP contribution in [0.4, 0.5) is 0 Å². The van der Waals surface area contributed by atoms with Crippen LogP contribution in [-0.2, 0) is 0 Å². The third-order valence-corrected chi connectivity index (χ3v) is 6.07. The first-order chi connectivity index (χ1) is 13.3. The van der Waals surface area contributed by atoms with Crippen LogP contribution in [0.15, 0.2) is 46.7 Å². The highest BCUT2D eigenvalue weighted by atomic mass is 16.2. The standard InChI is InChI=1S/C24H33N3O/c1-7-20-21(8-2)26(6)22(9-3)24(25-20)10-12-27(13-11-24)23(28)19-15-17(4)14-18(5)16-19/h8-9,14-16H,7,10-13H2,1-6H3/b21-8+,22-9?. The first-order valence-electron chi connectivity index (χ1n) is 10.4. The smallest absolute Gasteiger partial charge is 0.253 e. The second kappa shape index (κ2) is 7.94. The van der Waals surface area contributed by atoms with Gasteiger partial charge in [0.05, 0.1) is 11.4 Å². The zero-order valence-corrected chi connectivity index (χ0v) is 18.2. The van der Waals surface area contributed by atoms with Crippen LogP contribution in [0.5, 0.6) is 0 Å². The molecule has 1 spiro atoms. The molecule has 28 heavy (non-hydrogen) atoms. The lowest BCUT2D eigenvalue weighted by Gasteiger charge is -2.47. The minimum Gasteiger partial charge on any atom is -0.345 e. The van der Waals surface area contributed by atoms with E-state index in [0.717, 1.165) is 49.0 Å². The number of aliphatic imine (C=N–C) groups is 1. The maximum atomic E-state index is 13.1. The monoisotopic (exact) mass is 379 g/mol. The van der Waals surface area contributed by atoms with Crippen LogP contribution in [0.2, 0.25) is 0 Å². The lowest BCUT2D eigenvalue weighted by Crippen LogP contribution is -2.52. The molecule has 4 nitrogen and oxygen atoms in total. The highest BCUT2D eigenvalue weighted by molar-refractivity contribution is 6.01. The van der Waals surface area contributed by atoms with Gasteiger partial charge in [-0.3, -0.25) is 9.79 Å². The van der Waals surface area contributed by atoms with E-state index in [4.69, 9.17) is 4.99 Å². The van der Waals surface area contributed by atoms with Gasteiger partial charge in [0, 0.05) is 31.4 Å². The molecule has 0 aromatic heterocycles. The predicted octanol–water partition coefficient (Wildman–Crippen LogP) is 4.88. The predicted molar refractivity (Wildman–Crippen MR) is 117 cm³/mol. The Morgan fingerprint density at radius 1 is 1.11 bits per heavy atom. The van der Waals surface area contributed by atoms with E-state index in [-0.39, 0.29) is 11.4 Å². The van der Waals surface area contributed by atoms with Crippen molar-refractivity contribution in [3.05, 3.63) is 58.4 Å². The molecule has 0 radical (unpaired) electrons. The van der Waals surface area contributed by atoms with E-state index in [0.29, 0.717) is 0 Å². The number of nitrogens with zero attached hydrogens (tertiary/aromatic N) is 3. The van der Waals surface area contributed by atoms with E-state index in [1.807, 2.05) is 30.9 Å². The van der Waals surface area contributed by atoms with Gasteiger partial charge in [-0.1, -0.05) is 36.3 Å². The van der Waals surface area contributed by atoms with Gasteiger partial charge in [-0.15, -0.1) is 0 Å². The molecule has 1 aromatic rings. The average molecular weight is 380 g/mol. The van der Waals surface area contributed by atoms with Crippen molar-refractivity contribution in [3.8, 4) is 0 Å². The Labute approximate surface area is 169 Å².